The topological polar surface area (TPSA) is 91.4 Å². The van der Waals surface area contributed by atoms with E-state index in [4.69, 9.17) is 13.9 Å². The van der Waals surface area contributed by atoms with Gasteiger partial charge in [-0.1, -0.05) is 30.0 Å². The Kier molecular flexibility index (Phi) is 7.22. The second-order valence-electron chi connectivity index (χ2n) is 7.66. The average Bonchev–Trinajstić information content (AvgIpc) is 3.50. The summed E-state index contributed by atoms with van der Waals surface area (Å²) in [6, 6.07) is 17.0. The monoisotopic (exact) mass is 478 g/mol. The van der Waals surface area contributed by atoms with Crippen LogP contribution in [0.15, 0.2) is 70.4 Å². The highest BCUT2D eigenvalue weighted by Gasteiger charge is 2.22. The van der Waals surface area contributed by atoms with Gasteiger partial charge in [0.2, 0.25) is 5.91 Å². The molecule has 0 bridgehead atoms. The van der Waals surface area contributed by atoms with Crippen LogP contribution in [0.5, 0.6) is 11.5 Å². The van der Waals surface area contributed by atoms with E-state index < -0.39 is 5.25 Å². The smallest absolute Gasteiger partial charge is 0.237 e. The van der Waals surface area contributed by atoms with Crippen LogP contribution in [-0.4, -0.2) is 40.1 Å². The van der Waals surface area contributed by atoms with Gasteiger partial charge in [0.25, 0.3) is 0 Å². The Hall–Kier alpha value is -3.72. The van der Waals surface area contributed by atoms with Crippen molar-refractivity contribution in [3.8, 4) is 22.9 Å². The second kappa shape index (κ2) is 10.5. The Balaban J connectivity index is 1.60. The third-order valence-corrected chi connectivity index (χ3v) is 6.28. The maximum Gasteiger partial charge on any atom is 0.237 e. The SMILES string of the molecule is COc1cccc(-c2nnc(SC(C)C(=O)Nc3cc(C)ccc3OC)n2Cc2ccco2)c1. The van der Waals surface area contributed by atoms with Crippen molar-refractivity contribution in [1.82, 2.24) is 14.8 Å². The van der Waals surface area contributed by atoms with Crippen molar-refractivity contribution < 1.29 is 18.7 Å². The number of anilines is 1. The lowest BCUT2D eigenvalue weighted by molar-refractivity contribution is -0.115. The summed E-state index contributed by atoms with van der Waals surface area (Å²) < 4.78 is 18.2. The average molecular weight is 479 g/mol. The molecule has 1 atom stereocenters. The van der Waals surface area contributed by atoms with E-state index in [1.807, 2.05) is 73.0 Å². The van der Waals surface area contributed by atoms with Crippen LogP contribution in [0.4, 0.5) is 5.69 Å². The van der Waals surface area contributed by atoms with Gasteiger partial charge in [-0.25, -0.2) is 0 Å². The molecule has 1 N–H and O–H groups in total. The van der Waals surface area contributed by atoms with E-state index >= 15 is 0 Å². The van der Waals surface area contributed by atoms with E-state index in [0.717, 1.165) is 22.6 Å². The van der Waals surface area contributed by atoms with E-state index in [-0.39, 0.29) is 5.91 Å². The van der Waals surface area contributed by atoms with E-state index in [0.29, 0.717) is 29.0 Å². The number of hydrogen-bond donors (Lipinski definition) is 1. The van der Waals surface area contributed by atoms with Crippen LogP contribution in [-0.2, 0) is 11.3 Å². The summed E-state index contributed by atoms with van der Waals surface area (Å²) in [5.41, 5.74) is 2.51. The summed E-state index contributed by atoms with van der Waals surface area (Å²) in [6.07, 6.45) is 1.63. The van der Waals surface area contributed by atoms with E-state index in [1.165, 1.54) is 11.8 Å². The molecule has 9 heteroatoms. The molecule has 0 aliphatic heterocycles. The van der Waals surface area contributed by atoms with Crippen LogP contribution in [0, 0.1) is 6.92 Å². The molecule has 176 valence electrons. The number of carbonyl (C=O) groups is 1. The first-order valence-electron chi connectivity index (χ1n) is 10.7. The van der Waals surface area contributed by atoms with Crippen LogP contribution in [0.2, 0.25) is 0 Å². The number of methoxy groups -OCH3 is 2. The van der Waals surface area contributed by atoms with Gasteiger partial charge < -0.3 is 19.2 Å². The Morgan fingerprint density at radius 1 is 1.12 bits per heavy atom. The molecule has 2 aromatic carbocycles. The quantitative estimate of drug-likeness (QED) is 0.337. The third-order valence-electron chi connectivity index (χ3n) is 5.20. The second-order valence-corrected chi connectivity index (χ2v) is 8.96. The predicted octanol–water partition coefficient (Wildman–Crippen LogP) is 5.03. The molecule has 4 aromatic rings. The summed E-state index contributed by atoms with van der Waals surface area (Å²) >= 11 is 1.33. The lowest BCUT2D eigenvalue weighted by Crippen LogP contribution is -2.23. The number of rotatable bonds is 9. The van der Waals surface area contributed by atoms with Crippen molar-refractivity contribution in [2.45, 2.75) is 30.8 Å². The van der Waals surface area contributed by atoms with Gasteiger partial charge >= 0.3 is 0 Å². The molecule has 34 heavy (non-hydrogen) atoms. The molecule has 8 nitrogen and oxygen atoms in total. The number of furan rings is 1. The molecule has 4 rings (SSSR count). The fourth-order valence-electron chi connectivity index (χ4n) is 3.42. The van der Waals surface area contributed by atoms with Crippen LogP contribution >= 0.6 is 11.8 Å². The molecule has 0 saturated carbocycles. The molecule has 0 spiro atoms. The summed E-state index contributed by atoms with van der Waals surface area (Å²) in [5.74, 6) is 2.58. The molecule has 0 aliphatic rings. The molecular weight excluding hydrogens is 452 g/mol. The van der Waals surface area contributed by atoms with E-state index in [9.17, 15) is 4.79 Å². The van der Waals surface area contributed by atoms with Crippen molar-refractivity contribution in [1.29, 1.82) is 0 Å². The molecular formula is C25H26N4O4S. The minimum absolute atomic E-state index is 0.163. The van der Waals surface area contributed by atoms with Gasteiger partial charge in [0.15, 0.2) is 11.0 Å². The standard InChI is InChI=1S/C25H26N4O4S/c1-16-10-11-22(32-4)21(13-16)26-24(30)17(2)34-25-28-27-23(18-7-5-8-19(14-18)31-3)29(25)15-20-9-6-12-33-20/h5-14,17H,15H2,1-4H3,(H,26,30). The fraction of sp³-hybridized carbons (Fsp3) is 0.240. The number of nitrogens with zero attached hydrogens (tertiary/aromatic N) is 3. The van der Waals surface area contributed by atoms with Crippen molar-refractivity contribution in [3.05, 3.63) is 72.2 Å². The van der Waals surface area contributed by atoms with Gasteiger partial charge in [-0.3, -0.25) is 9.36 Å². The van der Waals surface area contributed by atoms with Crippen molar-refractivity contribution >= 4 is 23.4 Å². The van der Waals surface area contributed by atoms with Gasteiger partial charge in [0.1, 0.15) is 17.3 Å². The van der Waals surface area contributed by atoms with Crippen LogP contribution in [0.25, 0.3) is 11.4 Å². The Bertz CT molecular complexity index is 1270. The Morgan fingerprint density at radius 3 is 2.71 bits per heavy atom. The molecule has 2 aromatic heterocycles. The van der Waals surface area contributed by atoms with Gasteiger partial charge in [-0.15, -0.1) is 10.2 Å². The number of thioether (sulfide) groups is 1. The minimum atomic E-state index is -0.442. The summed E-state index contributed by atoms with van der Waals surface area (Å²) in [5, 5.41) is 11.9. The van der Waals surface area contributed by atoms with Gasteiger partial charge in [-0.2, -0.15) is 0 Å². The van der Waals surface area contributed by atoms with Crippen molar-refractivity contribution in [3.63, 3.8) is 0 Å². The number of aryl methyl sites for hydroxylation is 1. The maximum absolute atomic E-state index is 13.0. The van der Waals surface area contributed by atoms with E-state index in [1.54, 1.807) is 20.5 Å². The first-order valence-corrected chi connectivity index (χ1v) is 11.6. The molecule has 0 radical (unpaired) electrons. The lowest BCUT2D eigenvalue weighted by atomic mass is 10.2. The highest BCUT2D eigenvalue weighted by atomic mass is 32.2. The fourth-order valence-corrected chi connectivity index (χ4v) is 4.27. The van der Waals surface area contributed by atoms with Crippen LogP contribution < -0.4 is 14.8 Å². The zero-order chi connectivity index (χ0) is 24.1. The molecule has 0 fully saturated rings. The van der Waals surface area contributed by atoms with Gasteiger partial charge in [-0.05, 0) is 55.8 Å². The third kappa shape index (κ3) is 5.26. The lowest BCUT2D eigenvalue weighted by Gasteiger charge is -2.15. The highest BCUT2D eigenvalue weighted by Crippen LogP contribution is 2.31. The Morgan fingerprint density at radius 2 is 1.97 bits per heavy atom. The highest BCUT2D eigenvalue weighted by molar-refractivity contribution is 8.00. The largest absolute Gasteiger partial charge is 0.497 e. The molecule has 1 unspecified atom stereocenters. The number of benzene rings is 2. The number of aromatic nitrogens is 3. The van der Waals surface area contributed by atoms with Crippen LogP contribution in [0.1, 0.15) is 18.2 Å². The number of hydrogen-bond acceptors (Lipinski definition) is 7. The predicted molar refractivity (Wildman–Crippen MR) is 131 cm³/mol. The molecule has 2 heterocycles. The summed E-state index contributed by atoms with van der Waals surface area (Å²) in [7, 11) is 3.20. The molecule has 0 saturated heterocycles. The van der Waals surface area contributed by atoms with E-state index in [2.05, 4.69) is 15.5 Å². The van der Waals surface area contributed by atoms with Gasteiger partial charge in [0.05, 0.1) is 38.0 Å². The van der Waals surface area contributed by atoms with Gasteiger partial charge in [0, 0.05) is 5.56 Å². The first kappa shape index (κ1) is 23.4. The zero-order valence-corrected chi connectivity index (χ0v) is 20.3. The number of nitrogens with one attached hydrogen (secondary N) is 1. The first-order chi connectivity index (χ1) is 16.5. The number of ether oxygens (including phenoxy) is 2. The normalized spacial score (nSPS) is 11.8. The molecule has 0 aliphatic carbocycles. The Labute approximate surface area is 202 Å². The van der Waals surface area contributed by atoms with Crippen molar-refractivity contribution in [2.75, 3.05) is 19.5 Å². The maximum atomic E-state index is 13.0. The molecule has 1 amide bonds. The van der Waals surface area contributed by atoms with Crippen LogP contribution in [0.3, 0.4) is 0 Å². The zero-order valence-electron chi connectivity index (χ0n) is 19.4. The number of carbonyl (C=O) groups excluding carboxylic acids is 1. The summed E-state index contributed by atoms with van der Waals surface area (Å²) in [4.78, 5) is 13.0. The number of amides is 1. The minimum Gasteiger partial charge on any atom is -0.497 e. The van der Waals surface area contributed by atoms with Crippen molar-refractivity contribution in [2.24, 2.45) is 0 Å². The summed E-state index contributed by atoms with van der Waals surface area (Å²) in [6.45, 7) is 4.22.